The van der Waals surface area contributed by atoms with E-state index in [4.69, 9.17) is 18.9 Å². The van der Waals surface area contributed by atoms with E-state index in [9.17, 15) is 9.59 Å². The van der Waals surface area contributed by atoms with Gasteiger partial charge in [-0.2, -0.15) is 0 Å². The molecule has 196 valence electrons. The minimum absolute atomic E-state index is 0.0729. The fraction of sp³-hybridized carbons (Fsp3) is 0.500. The third-order valence-corrected chi connectivity index (χ3v) is 5.87. The molecule has 2 N–H and O–H groups in total. The minimum Gasteiger partial charge on any atom is -0.497 e. The first-order valence-corrected chi connectivity index (χ1v) is 12.8. The summed E-state index contributed by atoms with van der Waals surface area (Å²) in [6.07, 6.45) is 4.74. The van der Waals surface area contributed by atoms with Crippen LogP contribution in [0.15, 0.2) is 42.5 Å². The lowest BCUT2D eigenvalue weighted by atomic mass is 10.0. The van der Waals surface area contributed by atoms with Crippen LogP contribution in [0.2, 0.25) is 0 Å². The molecule has 2 aromatic rings. The van der Waals surface area contributed by atoms with Gasteiger partial charge in [-0.15, -0.1) is 0 Å². The molecule has 1 aliphatic heterocycles. The number of carbonyl (C=O) groups excluding carboxylic acids is 2. The molecule has 0 bridgehead atoms. The monoisotopic (exact) mass is 498 g/mol. The molecular weight excluding hydrogens is 460 g/mol. The van der Waals surface area contributed by atoms with Gasteiger partial charge in [0, 0.05) is 24.5 Å². The Labute approximate surface area is 213 Å². The maximum absolute atomic E-state index is 12.6. The van der Waals surface area contributed by atoms with Crippen LogP contribution in [-0.2, 0) is 4.79 Å². The van der Waals surface area contributed by atoms with Crippen molar-refractivity contribution < 1.29 is 28.5 Å². The molecule has 0 radical (unpaired) electrons. The lowest BCUT2D eigenvalue weighted by molar-refractivity contribution is -0.123. The number of amides is 1. The summed E-state index contributed by atoms with van der Waals surface area (Å²) < 4.78 is 22.4. The standard InChI is InChI=1S/C28H38N2O6/c1-3-4-16-29-20-28(36-23-14-15-25-26(19-23)35-18-17-34-25)30-27(32)9-7-5-6-8-24(31)21-10-12-22(33-2)13-11-21/h10-15,19,28-29H,3-9,16-18,20H2,1-2H3,(H,30,32)/t28-/m0/s1. The van der Waals surface area contributed by atoms with E-state index in [2.05, 4.69) is 17.6 Å². The largest absolute Gasteiger partial charge is 0.497 e. The molecule has 0 aromatic heterocycles. The van der Waals surface area contributed by atoms with Gasteiger partial charge >= 0.3 is 0 Å². The Hall–Kier alpha value is -3.26. The Morgan fingerprint density at radius 2 is 1.64 bits per heavy atom. The second-order valence-electron chi connectivity index (χ2n) is 8.75. The number of hydrogen-bond donors (Lipinski definition) is 2. The van der Waals surface area contributed by atoms with Gasteiger partial charge in [-0.25, -0.2) is 0 Å². The van der Waals surface area contributed by atoms with Crippen LogP contribution in [-0.4, -0.2) is 51.3 Å². The van der Waals surface area contributed by atoms with Gasteiger partial charge in [0.1, 0.15) is 24.7 Å². The Balaban J connectivity index is 1.41. The van der Waals surface area contributed by atoms with E-state index in [1.807, 2.05) is 12.1 Å². The highest BCUT2D eigenvalue weighted by Crippen LogP contribution is 2.33. The molecule has 1 heterocycles. The summed E-state index contributed by atoms with van der Waals surface area (Å²) in [6, 6.07) is 12.6. The number of ether oxygens (including phenoxy) is 4. The number of nitrogens with one attached hydrogen (secondary N) is 2. The Morgan fingerprint density at radius 1 is 0.917 bits per heavy atom. The Bertz CT molecular complexity index is 963. The van der Waals surface area contributed by atoms with Crippen molar-refractivity contribution in [3.05, 3.63) is 48.0 Å². The van der Waals surface area contributed by atoms with Crippen LogP contribution < -0.4 is 29.6 Å². The fourth-order valence-electron chi connectivity index (χ4n) is 3.84. The van der Waals surface area contributed by atoms with Gasteiger partial charge in [-0.05, 0) is 62.2 Å². The zero-order valence-electron chi connectivity index (χ0n) is 21.3. The molecule has 8 nitrogen and oxygen atoms in total. The highest BCUT2D eigenvalue weighted by Gasteiger charge is 2.17. The summed E-state index contributed by atoms with van der Waals surface area (Å²) in [4.78, 5) is 24.9. The number of ketones is 1. The molecule has 36 heavy (non-hydrogen) atoms. The molecule has 0 aliphatic carbocycles. The third-order valence-electron chi connectivity index (χ3n) is 5.87. The molecule has 0 saturated heterocycles. The van der Waals surface area contributed by atoms with Crippen molar-refractivity contribution in [2.45, 2.75) is 58.1 Å². The fourth-order valence-corrected chi connectivity index (χ4v) is 3.84. The van der Waals surface area contributed by atoms with Crippen molar-refractivity contribution in [1.82, 2.24) is 10.6 Å². The highest BCUT2D eigenvalue weighted by atomic mass is 16.6. The molecule has 0 saturated carbocycles. The van der Waals surface area contributed by atoms with Gasteiger partial charge in [0.2, 0.25) is 5.91 Å². The van der Waals surface area contributed by atoms with E-state index < -0.39 is 6.23 Å². The van der Waals surface area contributed by atoms with Crippen LogP contribution in [0.3, 0.4) is 0 Å². The summed E-state index contributed by atoms with van der Waals surface area (Å²) in [5.41, 5.74) is 0.684. The zero-order valence-corrected chi connectivity index (χ0v) is 21.3. The smallest absolute Gasteiger partial charge is 0.222 e. The van der Waals surface area contributed by atoms with Crippen LogP contribution in [0.25, 0.3) is 0 Å². The zero-order chi connectivity index (χ0) is 25.6. The lowest BCUT2D eigenvalue weighted by Gasteiger charge is -2.23. The summed E-state index contributed by atoms with van der Waals surface area (Å²) in [6.45, 7) is 4.52. The molecule has 0 unspecified atom stereocenters. The van der Waals surface area contributed by atoms with Gasteiger partial charge in [0.05, 0.1) is 13.7 Å². The van der Waals surface area contributed by atoms with Gasteiger partial charge < -0.3 is 29.6 Å². The number of methoxy groups -OCH3 is 1. The highest BCUT2D eigenvalue weighted by molar-refractivity contribution is 5.96. The average molecular weight is 499 g/mol. The lowest BCUT2D eigenvalue weighted by Crippen LogP contribution is -2.46. The molecule has 0 spiro atoms. The maximum Gasteiger partial charge on any atom is 0.222 e. The number of Topliss-reactive ketones (excluding diaryl/α,β-unsaturated/α-hetero) is 1. The van der Waals surface area contributed by atoms with E-state index in [0.717, 1.165) is 38.0 Å². The second-order valence-corrected chi connectivity index (χ2v) is 8.75. The van der Waals surface area contributed by atoms with Crippen LogP contribution in [0.4, 0.5) is 0 Å². The first-order chi connectivity index (χ1) is 17.6. The molecule has 2 aromatic carbocycles. The molecule has 3 rings (SSSR count). The topological polar surface area (TPSA) is 95.1 Å². The minimum atomic E-state index is -0.506. The summed E-state index contributed by atoms with van der Waals surface area (Å²) in [5.74, 6) is 2.71. The van der Waals surface area contributed by atoms with E-state index in [1.165, 1.54) is 0 Å². The van der Waals surface area contributed by atoms with E-state index in [1.54, 1.807) is 37.4 Å². The quantitative estimate of drug-likeness (QED) is 0.200. The Kier molecular flexibility index (Phi) is 11.4. The van der Waals surface area contributed by atoms with Crippen molar-refractivity contribution in [1.29, 1.82) is 0 Å². The molecule has 1 atom stereocenters. The Morgan fingerprint density at radius 3 is 2.39 bits per heavy atom. The van der Waals surface area contributed by atoms with Crippen molar-refractivity contribution in [2.24, 2.45) is 0 Å². The number of hydrogen-bond acceptors (Lipinski definition) is 7. The summed E-state index contributed by atoms with van der Waals surface area (Å²) in [7, 11) is 1.60. The SMILES string of the molecule is CCCCNC[C@@H](NC(=O)CCCCCC(=O)c1ccc(OC)cc1)Oc1ccc2c(c1)OCCO2. The second kappa shape index (κ2) is 15.0. The molecular formula is C28H38N2O6. The summed E-state index contributed by atoms with van der Waals surface area (Å²) >= 11 is 0. The first kappa shape index (κ1) is 27.3. The number of unbranched alkanes of at least 4 members (excludes halogenated alkanes) is 3. The van der Waals surface area contributed by atoms with E-state index in [-0.39, 0.29) is 11.7 Å². The number of rotatable bonds is 16. The predicted octanol–water partition coefficient (Wildman–Crippen LogP) is 4.51. The third kappa shape index (κ3) is 9.07. The molecule has 8 heteroatoms. The average Bonchev–Trinajstić information content (AvgIpc) is 2.90. The van der Waals surface area contributed by atoms with Gasteiger partial charge in [0.25, 0.3) is 0 Å². The van der Waals surface area contributed by atoms with Crippen molar-refractivity contribution in [3.63, 3.8) is 0 Å². The molecule has 1 aliphatic rings. The van der Waals surface area contributed by atoms with Crippen LogP contribution in [0, 0.1) is 0 Å². The van der Waals surface area contributed by atoms with Gasteiger partial charge in [0.15, 0.2) is 23.5 Å². The van der Waals surface area contributed by atoms with Crippen molar-refractivity contribution in [2.75, 3.05) is 33.4 Å². The maximum atomic E-state index is 12.6. The number of fused-ring (bicyclic) bond motifs is 1. The number of benzene rings is 2. The van der Waals surface area contributed by atoms with Crippen LogP contribution in [0.5, 0.6) is 23.0 Å². The van der Waals surface area contributed by atoms with Crippen LogP contribution >= 0.6 is 0 Å². The predicted molar refractivity (Wildman–Crippen MR) is 138 cm³/mol. The van der Waals surface area contributed by atoms with Crippen molar-refractivity contribution in [3.8, 4) is 23.0 Å². The van der Waals surface area contributed by atoms with Crippen LogP contribution in [0.1, 0.15) is 62.2 Å². The normalized spacial score (nSPS) is 13.1. The first-order valence-electron chi connectivity index (χ1n) is 12.8. The molecule has 0 fully saturated rings. The van der Waals surface area contributed by atoms with Gasteiger partial charge in [-0.1, -0.05) is 19.8 Å². The summed E-state index contributed by atoms with van der Waals surface area (Å²) in [5, 5.41) is 6.33. The number of carbonyl (C=O) groups is 2. The van der Waals surface area contributed by atoms with E-state index >= 15 is 0 Å². The molecule has 1 amide bonds. The van der Waals surface area contributed by atoms with Crippen molar-refractivity contribution >= 4 is 11.7 Å². The van der Waals surface area contributed by atoms with E-state index in [0.29, 0.717) is 61.8 Å². The van der Waals surface area contributed by atoms with Gasteiger partial charge in [-0.3, -0.25) is 9.59 Å².